The predicted octanol–water partition coefficient (Wildman–Crippen LogP) is 1.98. The zero-order chi connectivity index (χ0) is 12.9. The van der Waals surface area contributed by atoms with Crippen molar-refractivity contribution in [2.45, 2.75) is 39.5 Å². The van der Waals surface area contributed by atoms with E-state index in [1.165, 1.54) is 0 Å². The van der Waals surface area contributed by atoms with Crippen molar-refractivity contribution in [3.8, 4) is 0 Å². The lowest BCUT2D eigenvalue weighted by atomic mass is 10.3. The van der Waals surface area contributed by atoms with Gasteiger partial charge in [-0.1, -0.05) is 13.3 Å². The van der Waals surface area contributed by atoms with Gasteiger partial charge in [0.05, 0.1) is 12.4 Å². The van der Waals surface area contributed by atoms with Gasteiger partial charge in [0.15, 0.2) is 0 Å². The molecule has 0 aliphatic rings. The van der Waals surface area contributed by atoms with E-state index in [2.05, 4.69) is 12.2 Å². The Morgan fingerprint density at radius 1 is 1.24 bits per heavy atom. The van der Waals surface area contributed by atoms with Crippen molar-refractivity contribution in [1.82, 2.24) is 5.32 Å². The third-order valence-corrected chi connectivity index (χ3v) is 3.10. The van der Waals surface area contributed by atoms with Crippen LogP contribution in [0.5, 0.6) is 0 Å². The number of unbranched alkanes of at least 4 members (excludes halogenated alkanes) is 1. The van der Waals surface area contributed by atoms with Crippen LogP contribution < -0.4 is 5.32 Å². The smallest absolute Gasteiger partial charge is 0.305 e. The molecule has 0 aliphatic carbocycles. The molecule has 100 valence electrons. The summed E-state index contributed by atoms with van der Waals surface area (Å²) in [6.45, 7) is 4.88. The average molecular weight is 261 g/mol. The van der Waals surface area contributed by atoms with Gasteiger partial charge < -0.3 is 10.1 Å². The number of nitrogens with one attached hydrogen (secondary N) is 1. The van der Waals surface area contributed by atoms with E-state index in [0.717, 1.165) is 18.6 Å². The zero-order valence-corrected chi connectivity index (χ0v) is 11.6. The number of thioether (sulfide) groups is 1. The minimum atomic E-state index is -0.195. The molecule has 0 aromatic carbocycles. The van der Waals surface area contributed by atoms with E-state index in [-0.39, 0.29) is 11.9 Å². The Labute approximate surface area is 108 Å². The molecule has 1 N–H and O–H groups in total. The van der Waals surface area contributed by atoms with Gasteiger partial charge in [-0.3, -0.25) is 9.59 Å². The minimum absolute atomic E-state index is 0.0509. The highest BCUT2D eigenvalue weighted by Gasteiger charge is 2.03. The number of hydrogen-bond donors (Lipinski definition) is 1. The summed E-state index contributed by atoms with van der Waals surface area (Å²) in [5, 5.41) is 2.79. The molecule has 0 atom stereocenters. The normalized spacial score (nSPS) is 10.0. The summed E-state index contributed by atoms with van der Waals surface area (Å²) in [7, 11) is 0. The second-order valence-corrected chi connectivity index (χ2v) is 4.77. The molecule has 0 aromatic rings. The van der Waals surface area contributed by atoms with E-state index in [1.807, 2.05) is 0 Å². The summed E-state index contributed by atoms with van der Waals surface area (Å²) in [5.41, 5.74) is 0. The van der Waals surface area contributed by atoms with E-state index in [9.17, 15) is 9.59 Å². The molecule has 0 aliphatic heterocycles. The molecule has 0 bridgehead atoms. The van der Waals surface area contributed by atoms with Gasteiger partial charge in [0.2, 0.25) is 5.91 Å². The highest BCUT2D eigenvalue weighted by molar-refractivity contribution is 7.99. The first-order chi connectivity index (χ1) is 8.20. The van der Waals surface area contributed by atoms with Gasteiger partial charge in [0, 0.05) is 13.0 Å². The fourth-order valence-corrected chi connectivity index (χ4v) is 2.08. The fourth-order valence-electron chi connectivity index (χ4n) is 1.16. The Morgan fingerprint density at radius 3 is 2.65 bits per heavy atom. The summed E-state index contributed by atoms with van der Waals surface area (Å²) < 4.78 is 4.78. The molecule has 0 radical (unpaired) electrons. The third kappa shape index (κ3) is 11.6. The van der Waals surface area contributed by atoms with Crippen LogP contribution in [0.4, 0.5) is 0 Å². The first-order valence-corrected chi connectivity index (χ1v) is 7.36. The fraction of sp³-hybridized carbons (Fsp3) is 0.833. The van der Waals surface area contributed by atoms with Crippen LogP contribution in [-0.2, 0) is 14.3 Å². The van der Waals surface area contributed by atoms with Crippen LogP contribution in [0.25, 0.3) is 0 Å². The maximum Gasteiger partial charge on any atom is 0.305 e. The molecule has 0 saturated heterocycles. The molecule has 0 fully saturated rings. The summed E-state index contributed by atoms with van der Waals surface area (Å²) in [4.78, 5) is 22.3. The molecule has 0 spiro atoms. The van der Waals surface area contributed by atoms with Crippen molar-refractivity contribution >= 4 is 23.6 Å². The number of amides is 1. The summed E-state index contributed by atoms with van der Waals surface area (Å²) in [6.07, 6.45) is 3.33. The number of rotatable bonds is 10. The summed E-state index contributed by atoms with van der Waals surface area (Å²) in [6, 6.07) is 0. The van der Waals surface area contributed by atoms with Crippen LogP contribution in [0.15, 0.2) is 0 Å². The molecule has 5 heteroatoms. The van der Waals surface area contributed by atoms with Gasteiger partial charge in [-0.25, -0.2) is 0 Å². The predicted molar refractivity (Wildman–Crippen MR) is 71.1 cm³/mol. The van der Waals surface area contributed by atoms with Crippen molar-refractivity contribution in [2.75, 3.05) is 24.7 Å². The van der Waals surface area contributed by atoms with Gasteiger partial charge >= 0.3 is 5.97 Å². The Morgan fingerprint density at radius 2 is 2.00 bits per heavy atom. The summed E-state index contributed by atoms with van der Waals surface area (Å²) in [5.74, 6) is 1.40. The van der Waals surface area contributed by atoms with Gasteiger partial charge in [-0.05, 0) is 25.5 Å². The number of carbonyl (C=O) groups excluding carboxylic acids is 2. The number of esters is 1. The monoisotopic (exact) mass is 261 g/mol. The molecule has 0 heterocycles. The number of carbonyl (C=O) groups is 2. The average Bonchev–Trinajstić information content (AvgIpc) is 2.31. The maximum absolute atomic E-state index is 11.3. The summed E-state index contributed by atoms with van der Waals surface area (Å²) >= 11 is 1.65. The van der Waals surface area contributed by atoms with E-state index in [4.69, 9.17) is 4.74 Å². The van der Waals surface area contributed by atoms with E-state index in [1.54, 1.807) is 18.7 Å². The van der Waals surface area contributed by atoms with Crippen molar-refractivity contribution in [3.63, 3.8) is 0 Å². The number of ether oxygens (including phenoxy) is 1. The first-order valence-electron chi connectivity index (χ1n) is 6.20. The highest BCUT2D eigenvalue weighted by atomic mass is 32.2. The Balaban J connectivity index is 3.30. The van der Waals surface area contributed by atoms with Crippen LogP contribution in [-0.4, -0.2) is 36.5 Å². The largest absolute Gasteiger partial charge is 0.466 e. The van der Waals surface area contributed by atoms with Gasteiger partial charge in [-0.15, -0.1) is 0 Å². The maximum atomic E-state index is 11.3. The van der Waals surface area contributed by atoms with Gasteiger partial charge in [0.25, 0.3) is 0 Å². The third-order valence-electron chi connectivity index (χ3n) is 2.06. The van der Waals surface area contributed by atoms with Crippen molar-refractivity contribution < 1.29 is 14.3 Å². The van der Waals surface area contributed by atoms with Crippen LogP contribution in [0, 0.1) is 0 Å². The van der Waals surface area contributed by atoms with Gasteiger partial charge in [-0.2, -0.15) is 11.8 Å². The molecular weight excluding hydrogens is 238 g/mol. The second-order valence-electron chi connectivity index (χ2n) is 3.66. The molecule has 0 aromatic heterocycles. The molecular formula is C12H23NO3S. The lowest BCUT2D eigenvalue weighted by Crippen LogP contribution is -2.26. The highest BCUT2D eigenvalue weighted by Crippen LogP contribution is 2.03. The van der Waals surface area contributed by atoms with Crippen LogP contribution in [0.1, 0.15) is 39.5 Å². The lowest BCUT2D eigenvalue weighted by Gasteiger charge is -2.05. The van der Waals surface area contributed by atoms with Crippen molar-refractivity contribution in [2.24, 2.45) is 0 Å². The van der Waals surface area contributed by atoms with E-state index < -0.39 is 0 Å². The van der Waals surface area contributed by atoms with Crippen LogP contribution in [0.2, 0.25) is 0 Å². The minimum Gasteiger partial charge on any atom is -0.466 e. The van der Waals surface area contributed by atoms with Crippen LogP contribution in [0.3, 0.4) is 0 Å². The lowest BCUT2D eigenvalue weighted by molar-refractivity contribution is -0.143. The molecule has 0 saturated carbocycles. The second kappa shape index (κ2) is 11.8. The Hall–Kier alpha value is -0.710. The first kappa shape index (κ1) is 16.3. The molecule has 17 heavy (non-hydrogen) atoms. The topological polar surface area (TPSA) is 55.4 Å². The molecule has 1 amide bonds. The zero-order valence-electron chi connectivity index (χ0n) is 10.8. The van der Waals surface area contributed by atoms with Crippen LogP contribution >= 0.6 is 11.8 Å². The van der Waals surface area contributed by atoms with Crippen molar-refractivity contribution in [1.29, 1.82) is 0 Å². The van der Waals surface area contributed by atoms with E-state index >= 15 is 0 Å². The molecule has 0 unspecified atom stereocenters. The molecule has 0 rings (SSSR count). The van der Waals surface area contributed by atoms with Crippen molar-refractivity contribution in [3.05, 3.63) is 0 Å². The van der Waals surface area contributed by atoms with Gasteiger partial charge in [0.1, 0.15) is 0 Å². The quantitative estimate of drug-likeness (QED) is 0.482. The van der Waals surface area contributed by atoms with E-state index in [0.29, 0.717) is 31.7 Å². The SMILES string of the molecule is CCCCSCC(=O)NCCCC(=O)OCC. The molecule has 4 nitrogen and oxygen atoms in total. The standard InChI is InChI=1S/C12H23NO3S/c1-3-5-9-17-10-11(14)13-8-6-7-12(15)16-4-2/h3-10H2,1-2H3,(H,13,14). The Kier molecular flexibility index (Phi) is 11.3. The number of hydrogen-bond acceptors (Lipinski definition) is 4. The Bertz CT molecular complexity index is 222.